The summed E-state index contributed by atoms with van der Waals surface area (Å²) in [6.07, 6.45) is 0.299. The number of benzene rings is 1. The third-order valence-electron chi connectivity index (χ3n) is 2.94. The molecule has 1 fully saturated rings. The SMILES string of the molecule is C[C@@H]1C[C@H]1COC(=O)Oc1ccc([N+](=O)[O-])cc1. The lowest BCUT2D eigenvalue weighted by Gasteiger charge is -2.04. The van der Waals surface area contributed by atoms with E-state index in [4.69, 9.17) is 9.47 Å². The molecule has 1 aliphatic carbocycles. The fourth-order valence-electron chi connectivity index (χ4n) is 1.57. The molecule has 0 bridgehead atoms. The average Bonchev–Trinajstić information content (AvgIpc) is 3.03. The minimum atomic E-state index is -0.775. The van der Waals surface area contributed by atoms with Crippen molar-refractivity contribution < 1.29 is 19.2 Å². The van der Waals surface area contributed by atoms with Crippen LogP contribution >= 0.6 is 0 Å². The summed E-state index contributed by atoms with van der Waals surface area (Å²) in [5.74, 6) is 1.28. The topological polar surface area (TPSA) is 78.7 Å². The van der Waals surface area contributed by atoms with Gasteiger partial charge in [-0.2, -0.15) is 0 Å². The first-order valence-corrected chi connectivity index (χ1v) is 5.65. The van der Waals surface area contributed by atoms with Crippen LogP contribution in [0.1, 0.15) is 13.3 Å². The Labute approximate surface area is 104 Å². The van der Waals surface area contributed by atoms with E-state index in [2.05, 4.69) is 6.92 Å². The van der Waals surface area contributed by atoms with Crippen LogP contribution in [0.25, 0.3) is 0 Å². The largest absolute Gasteiger partial charge is 0.513 e. The van der Waals surface area contributed by atoms with E-state index in [0.29, 0.717) is 18.4 Å². The summed E-state index contributed by atoms with van der Waals surface area (Å²) in [6.45, 7) is 2.46. The van der Waals surface area contributed by atoms with E-state index in [1.807, 2.05) is 0 Å². The Balaban J connectivity index is 1.81. The molecule has 0 N–H and O–H groups in total. The molecule has 6 nitrogen and oxygen atoms in total. The molecule has 0 amide bonds. The zero-order valence-corrected chi connectivity index (χ0v) is 9.87. The van der Waals surface area contributed by atoms with Crippen molar-refractivity contribution in [3.05, 3.63) is 34.4 Å². The second-order valence-corrected chi connectivity index (χ2v) is 4.39. The monoisotopic (exact) mass is 251 g/mol. The Morgan fingerprint density at radius 2 is 2.06 bits per heavy atom. The summed E-state index contributed by atoms with van der Waals surface area (Å²) in [4.78, 5) is 21.2. The normalized spacial score (nSPS) is 21.2. The van der Waals surface area contributed by atoms with Crippen LogP contribution in [0, 0.1) is 22.0 Å². The third kappa shape index (κ3) is 3.19. The molecule has 0 unspecified atom stereocenters. The van der Waals surface area contributed by atoms with Crippen LogP contribution in [0.15, 0.2) is 24.3 Å². The number of nitro benzene ring substituents is 1. The van der Waals surface area contributed by atoms with Crippen LogP contribution in [-0.2, 0) is 4.74 Å². The van der Waals surface area contributed by atoms with Crippen LogP contribution in [0.4, 0.5) is 10.5 Å². The molecule has 0 aromatic heterocycles. The smallest absolute Gasteiger partial charge is 0.434 e. The molecule has 18 heavy (non-hydrogen) atoms. The Morgan fingerprint density at radius 3 is 2.56 bits per heavy atom. The van der Waals surface area contributed by atoms with Crippen LogP contribution in [-0.4, -0.2) is 17.7 Å². The Hall–Kier alpha value is -2.11. The van der Waals surface area contributed by atoms with Gasteiger partial charge in [-0.3, -0.25) is 10.1 Å². The number of carbonyl (C=O) groups excluding carboxylic acids is 1. The highest BCUT2D eigenvalue weighted by atomic mass is 16.7. The van der Waals surface area contributed by atoms with Gasteiger partial charge in [-0.15, -0.1) is 0 Å². The number of carbonyl (C=O) groups is 1. The second kappa shape index (κ2) is 5.03. The standard InChI is InChI=1S/C12H13NO5/c1-8-6-9(8)7-17-12(14)18-11-4-2-10(3-5-11)13(15)16/h2-5,8-9H,6-7H2,1H3/t8-,9+/m1/s1. The molecule has 96 valence electrons. The van der Waals surface area contributed by atoms with Crippen molar-refractivity contribution in [3.63, 3.8) is 0 Å². The predicted molar refractivity (Wildman–Crippen MR) is 62.3 cm³/mol. The van der Waals surface area contributed by atoms with Crippen molar-refractivity contribution in [1.82, 2.24) is 0 Å². The maximum atomic E-state index is 11.3. The summed E-state index contributed by atoms with van der Waals surface area (Å²) in [6, 6.07) is 5.26. The van der Waals surface area contributed by atoms with Crippen molar-refractivity contribution >= 4 is 11.8 Å². The molecular weight excluding hydrogens is 238 g/mol. The molecule has 0 heterocycles. The minimum absolute atomic E-state index is 0.0532. The predicted octanol–water partition coefficient (Wildman–Crippen LogP) is 2.77. The molecule has 0 aliphatic heterocycles. The zero-order chi connectivity index (χ0) is 13.1. The highest BCUT2D eigenvalue weighted by molar-refractivity contribution is 5.64. The number of hydrogen-bond donors (Lipinski definition) is 0. The molecule has 1 aromatic carbocycles. The zero-order valence-electron chi connectivity index (χ0n) is 9.87. The number of ether oxygens (including phenoxy) is 2. The lowest BCUT2D eigenvalue weighted by Crippen LogP contribution is -2.12. The van der Waals surface area contributed by atoms with Crippen molar-refractivity contribution in [2.45, 2.75) is 13.3 Å². The molecule has 1 aliphatic rings. The van der Waals surface area contributed by atoms with Gasteiger partial charge in [0.1, 0.15) is 5.75 Å². The number of nitro groups is 1. The first-order chi connectivity index (χ1) is 8.56. The van der Waals surface area contributed by atoms with Crippen LogP contribution in [0.2, 0.25) is 0 Å². The van der Waals surface area contributed by atoms with Gasteiger partial charge in [-0.05, 0) is 30.4 Å². The van der Waals surface area contributed by atoms with Crippen molar-refractivity contribution in [1.29, 1.82) is 0 Å². The Kier molecular flexibility index (Phi) is 3.45. The molecule has 0 radical (unpaired) electrons. The Bertz CT molecular complexity index is 456. The summed E-state index contributed by atoms with van der Waals surface area (Å²) >= 11 is 0. The lowest BCUT2D eigenvalue weighted by molar-refractivity contribution is -0.384. The van der Waals surface area contributed by atoms with Gasteiger partial charge in [0.25, 0.3) is 5.69 Å². The average molecular weight is 251 g/mol. The summed E-state index contributed by atoms with van der Waals surface area (Å²) in [5, 5.41) is 10.4. The van der Waals surface area contributed by atoms with Gasteiger partial charge in [0.05, 0.1) is 11.5 Å². The quantitative estimate of drug-likeness (QED) is 0.356. The maximum absolute atomic E-state index is 11.3. The molecule has 6 heteroatoms. The summed E-state index contributed by atoms with van der Waals surface area (Å²) in [5.41, 5.74) is -0.0532. The van der Waals surface area contributed by atoms with Crippen molar-refractivity contribution in [2.75, 3.05) is 6.61 Å². The van der Waals surface area contributed by atoms with Crippen molar-refractivity contribution in [2.24, 2.45) is 11.8 Å². The highest BCUT2D eigenvalue weighted by Gasteiger charge is 2.33. The van der Waals surface area contributed by atoms with Gasteiger partial charge < -0.3 is 9.47 Å². The van der Waals surface area contributed by atoms with E-state index >= 15 is 0 Å². The van der Waals surface area contributed by atoms with Gasteiger partial charge in [0.2, 0.25) is 0 Å². The van der Waals surface area contributed by atoms with E-state index in [1.54, 1.807) is 0 Å². The van der Waals surface area contributed by atoms with Gasteiger partial charge in [-0.25, -0.2) is 4.79 Å². The highest BCUT2D eigenvalue weighted by Crippen LogP contribution is 2.37. The molecule has 0 saturated heterocycles. The summed E-state index contributed by atoms with van der Waals surface area (Å²) < 4.78 is 9.80. The van der Waals surface area contributed by atoms with E-state index in [0.717, 1.165) is 6.42 Å². The van der Waals surface area contributed by atoms with Crippen LogP contribution in [0.3, 0.4) is 0 Å². The van der Waals surface area contributed by atoms with Crippen LogP contribution < -0.4 is 4.74 Å². The number of hydrogen-bond acceptors (Lipinski definition) is 5. The summed E-state index contributed by atoms with van der Waals surface area (Å²) in [7, 11) is 0. The lowest BCUT2D eigenvalue weighted by atomic mass is 10.3. The molecule has 1 aromatic rings. The first-order valence-electron chi connectivity index (χ1n) is 5.65. The number of non-ortho nitro benzene ring substituents is 1. The van der Waals surface area contributed by atoms with Crippen molar-refractivity contribution in [3.8, 4) is 5.75 Å². The molecule has 1 saturated carbocycles. The van der Waals surface area contributed by atoms with Crippen LogP contribution in [0.5, 0.6) is 5.75 Å². The minimum Gasteiger partial charge on any atom is -0.434 e. The van der Waals surface area contributed by atoms with E-state index < -0.39 is 11.1 Å². The fraction of sp³-hybridized carbons (Fsp3) is 0.417. The fourth-order valence-corrected chi connectivity index (χ4v) is 1.57. The third-order valence-corrected chi connectivity index (χ3v) is 2.94. The molecule has 0 spiro atoms. The maximum Gasteiger partial charge on any atom is 0.513 e. The van der Waals surface area contributed by atoms with Gasteiger partial charge >= 0.3 is 6.16 Å². The Morgan fingerprint density at radius 1 is 1.44 bits per heavy atom. The number of nitrogens with zero attached hydrogens (tertiary/aromatic N) is 1. The number of rotatable bonds is 4. The van der Waals surface area contributed by atoms with Gasteiger partial charge in [-0.1, -0.05) is 6.92 Å². The molecular formula is C12H13NO5. The molecule has 2 rings (SSSR count). The van der Waals surface area contributed by atoms with E-state index in [1.165, 1.54) is 24.3 Å². The van der Waals surface area contributed by atoms with Gasteiger partial charge in [0, 0.05) is 12.1 Å². The second-order valence-electron chi connectivity index (χ2n) is 4.39. The van der Waals surface area contributed by atoms with E-state index in [-0.39, 0.29) is 11.4 Å². The van der Waals surface area contributed by atoms with E-state index in [9.17, 15) is 14.9 Å². The van der Waals surface area contributed by atoms with Gasteiger partial charge in [0.15, 0.2) is 0 Å². The molecule has 2 atom stereocenters. The first kappa shape index (κ1) is 12.3.